The molecule has 0 amide bonds. The number of hydrogen-bond acceptors (Lipinski definition) is 3. The number of aliphatic hydroxyl groups is 1. The second kappa shape index (κ2) is 4.63. The van der Waals surface area contributed by atoms with Crippen LogP contribution in [0.25, 0.3) is 10.1 Å². The van der Waals surface area contributed by atoms with Crippen LogP contribution in [0.15, 0.2) is 35.7 Å². The molecule has 0 bridgehead atoms. The largest absolute Gasteiger partial charge is 0.382 e. The van der Waals surface area contributed by atoms with Gasteiger partial charge in [0.15, 0.2) is 0 Å². The van der Waals surface area contributed by atoms with Gasteiger partial charge in [0.25, 0.3) is 0 Å². The normalized spacial score (nSPS) is 13.1. The van der Waals surface area contributed by atoms with E-state index >= 15 is 0 Å². The number of thiophene rings is 2. The molecular weight excluding hydrogens is 291 g/mol. The first-order valence-electron chi connectivity index (χ1n) is 5.25. The Morgan fingerprint density at radius 1 is 1.22 bits per heavy atom. The summed E-state index contributed by atoms with van der Waals surface area (Å²) in [4.78, 5) is 1.50. The molecule has 0 aliphatic carbocycles. The van der Waals surface area contributed by atoms with Gasteiger partial charge in [-0.3, -0.25) is 0 Å². The Balaban J connectivity index is 2.07. The highest BCUT2D eigenvalue weighted by Gasteiger charge is 2.17. The minimum Gasteiger partial charge on any atom is -0.382 e. The summed E-state index contributed by atoms with van der Waals surface area (Å²) < 4.78 is 14.1. The number of halogens is 2. The fraction of sp³-hybridized carbons (Fsp3) is 0.0769. The Morgan fingerprint density at radius 3 is 2.78 bits per heavy atom. The molecule has 0 aliphatic heterocycles. The highest BCUT2D eigenvalue weighted by molar-refractivity contribution is 7.19. The maximum Gasteiger partial charge on any atom is 0.124 e. The first-order chi connectivity index (χ1) is 8.65. The Kier molecular flexibility index (Phi) is 3.11. The van der Waals surface area contributed by atoms with Crippen molar-refractivity contribution in [3.05, 3.63) is 56.3 Å². The number of hydrogen-bond donors (Lipinski definition) is 1. The van der Waals surface area contributed by atoms with Crippen molar-refractivity contribution >= 4 is 44.4 Å². The van der Waals surface area contributed by atoms with Crippen molar-refractivity contribution in [1.82, 2.24) is 0 Å². The molecule has 2 aromatic heterocycles. The second-order valence-electron chi connectivity index (χ2n) is 3.87. The minimum atomic E-state index is -0.738. The van der Waals surface area contributed by atoms with E-state index in [4.69, 9.17) is 11.6 Å². The van der Waals surface area contributed by atoms with E-state index in [1.165, 1.54) is 34.8 Å². The van der Waals surface area contributed by atoms with E-state index in [-0.39, 0.29) is 5.82 Å². The van der Waals surface area contributed by atoms with E-state index in [0.717, 1.165) is 19.8 Å². The van der Waals surface area contributed by atoms with Gasteiger partial charge in [-0.2, -0.15) is 0 Å². The first kappa shape index (κ1) is 12.1. The number of aliphatic hydroxyl groups excluding tert-OH is 1. The monoisotopic (exact) mass is 298 g/mol. The van der Waals surface area contributed by atoms with Crippen LogP contribution in [0, 0.1) is 5.82 Å². The molecule has 2 heterocycles. The summed E-state index contributed by atoms with van der Waals surface area (Å²) in [6.07, 6.45) is -0.738. The molecule has 0 fully saturated rings. The summed E-state index contributed by atoms with van der Waals surface area (Å²) >= 11 is 8.87. The molecule has 92 valence electrons. The van der Waals surface area contributed by atoms with Crippen molar-refractivity contribution in [2.75, 3.05) is 0 Å². The molecule has 1 atom stereocenters. The third-order valence-corrected chi connectivity index (χ3v) is 5.24. The van der Waals surface area contributed by atoms with Gasteiger partial charge in [0, 0.05) is 9.58 Å². The van der Waals surface area contributed by atoms with E-state index < -0.39 is 6.10 Å². The Bertz CT molecular complexity index is 704. The maximum atomic E-state index is 13.1. The molecule has 0 radical (unpaired) electrons. The van der Waals surface area contributed by atoms with Gasteiger partial charge in [0.1, 0.15) is 11.9 Å². The van der Waals surface area contributed by atoms with Crippen molar-refractivity contribution in [3.8, 4) is 0 Å². The smallest absolute Gasteiger partial charge is 0.124 e. The molecule has 3 aromatic rings. The van der Waals surface area contributed by atoms with Gasteiger partial charge >= 0.3 is 0 Å². The van der Waals surface area contributed by atoms with Crippen LogP contribution in [-0.4, -0.2) is 5.11 Å². The molecule has 1 nitrogen and oxygen atoms in total. The molecule has 18 heavy (non-hydrogen) atoms. The van der Waals surface area contributed by atoms with Crippen LogP contribution in [0.2, 0.25) is 5.02 Å². The number of fused-ring (bicyclic) bond motifs is 1. The van der Waals surface area contributed by atoms with Crippen LogP contribution in [-0.2, 0) is 0 Å². The summed E-state index contributed by atoms with van der Waals surface area (Å²) in [7, 11) is 0. The van der Waals surface area contributed by atoms with Crippen molar-refractivity contribution in [2.24, 2.45) is 0 Å². The van der Waals surface area contributed by atoms with Crippen molar-refractivity contribution in [3.63, 3.8) is 0 Å². The number of rotatable bonds is 2. The summed E-state index contributed by atoms with van der Waals surface area (Å²) in [6, 6.07) is 8.19. The molecule has 1 N–H and O–H groups in total. The highest BCUT2D eigenvalue weighted by atomic mass is 35.5. The van der Waals surface area contributed by atoms with Gasteiger partial charge in [-0.05, 0) is 41.1 Å². The molecule has 5 heteroatoms. The second-order valence-corrected chi connectivity index (χ2v) is 6.34. The van der Waals surface area contributed by atoms with E-state index in [1.807, 2.05) is 11.4 Å². The SMILES string of the molecule is OC(c1cc2cc(F)ccc2s1)c1sccc1Cl. The fourth-order valence-electron chi connectivity index (χ4n) is 1.80. The molecular formula is C13H8ClFOS2. The maximum absolute atomic E-state index is 13.1. The zero-order valence-electron chi connectivity index (χ0n) is 9.06. The predicted octanol–water partition coefficient (Wildman–Crippen LogP) is 4.84. The average molecular weight is 299 g/mol. The van der Waals surface area contributed by atoms with E-state index in [0.29, 0.717) is 5.02 Å². The summed E-state index contributed by atoms with van der Waals surface area (Å²) in [5, 5.41) is 13.5. The van der Waals surface area contributed by atoms with Gasteiger partial charge in [0.2, 0.25) is 0 Å². The molecule has 0 aliphatic rings. The van der Waals surface area contributed by atoms with Gasteiger partial charge in [-0.15, -0.1) is 22.7 Å². The lowest BCUT2D eigenvalue weighted by Crippen LogP contribution is -1.93. The van der Waals surface area contributed by atoms with Gasteiger partial charge in [-0.25, -0.2) is 4.39 Å². The standard InChI is InChI=1S/C13H8ClFOS2/c14-9-3-4-17-13(9)12(16)11-6-7-5-8(15)1-2-10(7)18-11/h1-6,12,16H. The van der Waals surface area contributed by atoms with Gasteiger partial charge in [-0.1, -0.05) is 11.6 Å². The quantitative estimate of drug-likeness (QED) is 0.718. The van der Waals surface area contributed by atoms with Crippen molar-refractivity contribution in [2.45, 2.75) is 6.10 Å². The Morgan fingerprint density at radius 2 is 2.06 bits per heavy atom. The van der Waals surface area contributed by atoms with Crippen LogP contribution in [0.1, 0.15) is 15.9 Å². The third kappa shape index (κ3) is 2.06. The van der Waals surface area contributed by atoms with Crippen LogP contribution in [0.3, 0.4) is 0 Å². The molecule has 0 saturated heterocycles. The summed E-state index contributed by atoms with van der Waals surface area (Å²) in [5.74, 6) is -0.268. The fourth-order valence-corrected chi connectivity index (χ4v) is 4.08. The molecule has 0 saturated carbocycles. The molecule has 1 unspecified atom stereocenters. The average Bonchev–Trinajstić information content (AvgIpc) is 2.93. The van der Waals surface area contributed by atoms with Crippen molar-refractivity contribution in [1.29, 1.82) is 0 Å². The Labute approximate surface area is 116 Å². The minimum absolute atomic E-state index is 0.268. The van der Waals surface area contributed by atoms with E-state index in [2.05, 4.69) is 0 Å². The summed E-state index contributed by atoms with van der Waals surface area (Å²) in [6.45, 7) is 0. The van der Waals surface area contributed by atoms with Crippen LogP contribution in [0.5, 0.6) is 0 Å². The molecule has 0 spiro atoms. The third-order valence-electron chi connectivity index (χ3n) is 2.66. The lowest BCUT2D eigenvalue weighted by atomic mass is 10.2. The Hall–Kier alpha value is -0.940. The highest BCUT2D eigenvalue weighted by Crippen LogP contribution is 2.38. The van der Waals surface area contributed by atoms with Gasteiger partial charge in [0.05, 0.1) is 9.90 Å². The van der Waals surface area contributed by atoms with E-state index in [1.54, 1.807) is 12.1 Å². The van der Waals surface area contributed by atoms with Crippen LogP contribution >= 0.6 is 34.3 Å². The first-order valence-corrected chi connectivity index (χ1v) is 7.32. The topological polar surface area (TPSA) is 20.2 Å². The number of benzene rings is 1. The van der Waals surface area contributed by atoms with Crippen LogP contribution in [0.4, 0.5) is 4.39 Å². The zero-order chi connectivity index (χ0) is 12.7. The summed E-state index contributed by atoms with van der Waals surface area (Å²) in [5.41, 5.74) is 0. The van der Waals surface area contributed by atoms with Crippen LogP contribution < -0.4 is 0 Å². The van der Waals surface area contributed by atoms with E-state index in [9.17, 15) is 9.50 Å². The lowest BCUT2D eigenvalue weighted by Gasteiger charge is -2.05. The zero-order valence-corrected chi connectivity index (χ0v) is 11.5. The van der Waals surface area contributed by atoms with Gasteiger partial charge < -0.3 is 5.11 Å². The predicted molar refractivity (Wildman–Crippen MR) is 75.2 cm³/mol. The lowest BCUT2D eigenvalue weighted by molar-refractivity contribution is 0.228. The molecule has 3 rings (SSSR count). The molecule has 1 aromatic carbocycles. The van der Waals surface area contributed by atoms with Crippen molar-refractivity contribution < 1.29 is 9.50 Å².